The maximum Gasteiger partial charge on any atom is 0.327 e. The molecule has 3 heterocycles. The number of piperidine rings is 1. The van der Waals surface area contributed by atoms with Gasteiger partial charge in [0.05, 0.1) is 4.92 Å². The number of hydrogen-bond acceptors (Lipinski definition) is 5. The Bertz CT molecular complexity index is 791. The van der Waals surface area contributed by atoms with E-state index < -0.39 is 16.4 Å². The quantitative estimate of drug-likeness (QED) is 0.638. The number of halogens is 1. The highest BCUT2D eigenvalue weighted by molar-refractivity contribution is 5.64. The second-order valence-corrected chi connectivity index (χ2v) is 6.38. The van der Waals surface area contributed by atoms with Crippen LogP contribution in [0.2, 0.25) is 0 Å². The van der Waals surface area contributed by atoms with E-state index in [0.717, 1.165) is 49.9 Å². The largest absolute Gasteiger partial charge is 0.365 e. The van der Waals surface area contributed by atoms with Gasteiger partial charge in [-0.15, -0.1) is 10.2 Å². The van der Waals surface area contributed by atoms with Gasteiger partial charge in [0.1, 0.15) is 17.3 Å². The van der Waals surface area contributed by atoms with Crippen LogP contribution in [0.25, 0.3) is 0 Å². The molecule has 1 unspecified atom stereocenters. The molecule has 1 fully saturated rings. The van der Waals surface area contributed by atoms with E-state index in [1.165, 1.54) is 6.07 Å². The molecule has 0 aliphatic carbocycles. The molecule has 0 spiro atoms. The fourth-order valence-corrected chi connectivity index (χ4v) is 3.82. The standard InChI is InChI=1S/C16H18FN5O2/c17-12-5-1-6-13(15(12)22(23)24)20-8-2-4-11(10-20)16-19-18-14-7-3-9-21(14)16/h1,5-6,11H,2-4,7-10H2. The van der Waals surface area contributed by atoms with Gasteiger partial charge in [0.25, 0.3) is 0 Å². The molecule has 0 saturated carbocycles. The third-order valence-corrected chi connectivity index (χ3v) is 4.91. The molecule has 24 heavy (non-hydrogen) atoms. The molecule has 0 bridgehead atoms. The zero-order valence-electron chi connectivity index (χ0n) is 13.2. The van der Waals surface area contributed by atoms with E-state index in [2.05, 4.69) is 14.8 Å². The topological polar surface area (TPSA) is 77.1 Å². The summed E-state index contributed by atoms with van der Waals surface area (Å²) in [6.07, 6.45) is 3.90. The van der Waals surface area contributed by atoms with Gasteiger partial charge in [-0.25, -0.2) is 0 Å². The Morgan fingerprint density at radius 3 is 2.96 bits per heavy atom. The van der Waals surface area contributed by atoms with Crippen molar-refractivity contribution >= 4 is 11.4 Å². The van der Waals surface area contributed by atoms with Crippen molar-refractivity contribution < 1.29 is 9.31 Å². The number of nitrogens with zero attached hydrogens (tertiary/aromatic N) is 5. The van der Waals surface area contributed by atoms with Gasteiger partial charge >= 0.3 is 5.69 Å². The number of nitro groups is 1. The summed E-state index contributed by atoms with van der Waals surface area (Å²) in [6.45, 7) is 2.22. The van der Waals surface area contributed by atoms with Crippen LogP contribution < -0.4 is 4.90 Å². The normalized spacial score (nSPS) is 20.2. The van der Waals surface area contributed by atoms with Crippen LogP contribution in [-0.2, 0) is 13.0 Å². The monoisotopic (exact) mass is 331 g/mol. The Morgan fingerprint density at radius 2 is 2.12 bits per heavy atom. The van der Waals surface area contributed by atoms with Crippen LogP contribution in [0.4, 0.5) is 15.8 Å². The van der Waals surface area contributed by atoms with Crippen LogP contribution >= 0.6 is 0 Å². The van der Waals surface area contributed by atoms with E-state index in [9.17, 15) is 14.5 Å². The van der Waals surface area contributed by atoms with Gasteiger partial charge in [0.15, 0.2) is 0 Å². The lowest BCUT2D eigenvalue weighted by molar-refractivity contribution is -0.386. The summed E-state index contributed by atoms with van der Waals surface area (Å²) >= 11 is 0. The van der Waals surface area contributed by atoms with Crippen molar-refractivity contribution in [2.24, 2.45) is 0 Å². The first-order valence-corrected chi connectivity index (χ1v) is 8.25. The Morgan fingerprint density at radius 1 is 1.25 bits per heavy atom. The van der Waals surface area contributed by atoms with Crippen molar-refractivity contribution in [3.05, 3.63) is 45.8 Å². The lowest BCUT2D eigenvalue weighted by atomic mass is 9.96. The molecule has 0 radical (unpaired) electrons. The lowest BCUT2D eigenvalue weighted by Crippen LogP contribution is -2.35. The van der Waals surface area contributed by atoms with Gasteiger partial charge in [-0.2, -0.15) is 4.39 Å². The molecule has 4 rings (SSSR count). The number of aryl methyl sites for hydroxylation is 1. The minimum atomic E-state index is -0.789. The van der Waals surface area contributed by atoms with E-state index >= 15 is 0 Å². The lowest BCUT2D eigenvalue weighted by Gasteiger charge is -2.33. The number of nitro benzene ring substituents is 1. The van der Waals surface area contributed by atoms with E-state index in [-0.39, 0.29) is 5.92 Å². The first-order valence-electron chi connectivity index (χ1n) is 8.25. The molecule has 126 valence electrons. The third-order valence-electron chi connectivity index (χ3n) is 4.91. The number of fused-ring (bicyclic) bond motifs is 1. The zero-order chi connectivity index (χ0) is 16.7. The molecule has 2 aliphatic heterocycles. The molecule has 1 aromatic heterocycles. The van der Waals surface area contributed by atoms with Crippen LogP contribution in [0, 0.1) is 15.9 Å². The van der Waals surface area contributed by atoms with E-state index in [1.54, 1.807) is 6.07 Å². The number of aromatic nitrogens is 3. The molecule has 0 N–H and O–H groups in total. The van der Waals surface area contributed by atoms with Gasteiger partial charge in [0, 0.05) is 32.0 Å². The molecular weight excluding hydrogens is 313 g/mol. The fourth-order valence-electron chi connectivity index (χ4n) is 3.82. The Labute approximate surface area is 138 Å². The molecule has 1 aromatic carbocycles. The second-order valence-electron chi connectivity index (χ2n) is 6.38. The highest BCUT2D eigenvalue weighted by atomic mass is 19.1. The average Bonchev–Trinajstić information content (AvgIpc) is 3.17. The fraction of sp³-hybridized carbons (Fsp3) is 0.500. The Balaban J connectivity index is 1.64. The Kier molecular flexibility index (Phi) is 3.66. The highest BCUT2D eigenvalue weighted by Gasteiger charge is 2.32. The van der Waals surface area contributed by atoms with E-state index in [0.29, 0.717) is 18.8 Å². The van der Waals surface area contributed by atoms with Gasteiger partial charge in [-0.1, -0.05) is 6.07 Å². The number of para-hydroxylation sites is 1. The first kappa shape index (κ1) is 15.0. The van der Waals surface area contributed by atoms with Crippen molar-refractivity contribution in [1.29, 1.82) is 0 Å². The predicted octanol–water partition coefficient (Wildman–Crippen LogP) is 2.66. The molecule has 2 aromatic rings. The maximum absolute atomic E-state index is 13.9. The first-order chi connectivity index (χ1) is 11.6. The molecule has 1 saturated heterocycles. The van der Waals surface area contributed by atoms with E-state index in [4.69, 9.17) is 0 Å². The molecule has 7 nitrogen and oxygen atoms in total. The van der Waals surface area contributed by atoms with Crippen molar-refractivity contribution in [3.8, 4) is 0 Å². The number of rotatable bonds is 3. The molecular formula is C16H18FN5O2. The summed E-state index contributed by atoms with van der Waals surface area (Å²) in [5.74, 6) is 1.37. The zero-order valence-corrected chi connectivity index (χ0v) is 13.2. The summed E-state index contributed by atoms with van der Waals surface area (Å²) in [6, 6.07) is 4.28. The summed E-state index contributed by atoms with van der Waals surface area (Å²) in [5.41, 5.74) is -0.0875. The van der Waals surface area contributed by atoms with Crippen LogP contribution in [0.3, 0.4) is 0 Å². The highest BCUT2D eigenvalue weighted by Crippen LogP contribution is 2.36. The molecule has 0 amide bonds. The van der Waals surface area contributed by atoms with Crippen LogP contribution in [0.15, 0.2) is 18.2 Å². The van der Waals surface area contributed by atoms with Crippen molar-refractivity contribution in [2.45, 2.75) is 38.1 Å². The number of hydrogen-bond donors (Lipinski definition) is 0. The third kappa shape index (κ3) is 2.42. The number of anilines is 1. The van der Waals surface area contributed by atoms with Gasteiger partial charge in [-0.05, 0) is 31.4 Å². The summed E-state index contributed by atoms with van der Waals surface area (Å²) in [5, 5.41) is 19.9. The smallest absolute Gasteiger partial charge is 0.327 e. The molecule has 8 heteroatoms. The predicted molar refractivity (Wildman–Crippen MR) is 85.6 cm³/mol. The molecule has 2 aliphatic rings. The van der Waals surface area contributed by atoms with Crippen LogP contribution in [0.1, 0.15) is 36.8 Å². The summed E-state index contributed by atoms with van der Waals surface area (Å²) in [4.78, 5) is 12.5. The number of benzene rings is 1. The second kappa shape index (κ2) is 5.85. The Hall–Kier alpha value is -2.51. The summed E-state index contributed by atoms with van der Waals surface area (Å²) in [7, 11) is 0. The van der Waals surface area contributed by atoms with Crippen molar-refractivity contribution in [3.63, 3.8) is 0 Å². The van der Waals surface area contributed by atoms with Gasteiger partial charge < -0.3 is 9.47 Å². The molecule has 1 atom stereocenters. The summed E-state index contributed by atoms with van der Waals surface area (Å²) < 4.78 is 16.1. The van der Waals surface area contributed by atoms with Crippen LogP contribution in [-0.4, -0.2) is 32.8 Å². The maximum atomic E-state index is 13.9. The minimum Gasteiger partial charge on any atom is -0.365 e. The van der Waals surface area contributed by atoms with Gasteiger partial charge in [0.2, 0.25) is 5.82 Å². The SMILES string of the molecule is O=[N+]([O-])c1c(F)cccc1N1CCCC(c2nnc3n2CCC3)C1. The average molecular weight is 331 g/mol. The van der Waals surface area contributed by atoms with E-state index in [1.807, 2.05) is 4.90 Å². The van der Waals surface area contributed by atoms with Gasteiger partial charge in [-0.3, -0.25) is 10.1 Å². The minimum absolute atomic E-state index is 0.168. The van der Waals surface area contributed by atoms with Crippen LogP contribution in [0.5, 0.6) is 0 Å². The van der Waals surface area contributed by atoms with Crippen molar-refractivity contribution in [1.82, 2.24) is 14.8 Å². The van der Waals surface area contributed by atoms with Crippen molar-refractivity contribution in [2.75, 3.05) is 18.0 Å².